The number of hydrogen-bond acceptors (Lipinski definition) is 26. The molecule has 4 saturated carbocycles. The Morgan fingerprint density at radius 3 is 0.950 bits per heavy atom. The average Bonchev–Trinajstić information content (AvgIpc) is 1.70. The van der Waals surface area contributed by atoms with Crippen molar-refractivity contribution in [2.75, 3.05) is 102 Å². The van der Waals surface area contributed by atoms with Crippen LogP contribution in [0.5, 0.6) is 17.2 Å². The highest BCUT2D eigenvalue weighted by Gasteiger charge is 2.41. The highest BCUT2D eigenvalue weighted by molar-refractivity contribution is 9.10. The van der Waals surface area contributed by atoms with Crippen molar-refractivity contribution in [2.45, 2.75) is 233 Å². The minimum Gasteiger partial charge on any atom is -0.497 e. The highest BCUT2D eigenvalue weighted by atomic mass is 79.9. The molecule has 37 heteroatoms. The van der Waals surface area contributed by atoms with Crippen molar-refractivity contribution >= 4 is 110 Å². The lowest BCUT2D eigenvalue weighted by Crippen LogP contribution is -2.29. The molecular weight excluding hydrogens is 1920 g/mol. The molecule has 4 aliphatic carbocycles. The second-order valence-electron chi connectivity index (χ2n) is 35.5. The number of anilines is 3. The smallest absolute Gasteiger partial charge is 0.490 e. The molecule has 19 rings (SSSR count). The minimum absolute atomic E-state index is 0.0272. The van der Waals surface area contributed by atoms with E-state index >= 15 is 0 Å². The Morgan fingerprint density at radius 1 is 0.388 bits per heavy atom. The number of piperidine rings is 4. The summed E-state index contributed by atoms with van der Waals surface area (Å²) in [6.07, 6.45) is 19.3. The number of nitrogens with one attached hydrogen (secondary N) is 2. The van der Waals surface area contributed by atoms with E-state index in [1.54, 1.807) is 79.8 Å². The maximum atomic E-state index is 12.6. The van der Waals surface area contributed by atoms with Crippen LogP contribution in [0.4, 0.5) is 30.2 Å². The van der Waals surface area contributed by atoms with E-state index in [0.717, 1.165) is 113 Å². The van der Waals surface area contributed by atoms with E-state index in [1.807, 2.05) is 77.5 Å². The van der Waals surface area contributed by atoms with E-state index in [0.29, 0.717) is 99.0 Å². The van der Waals surface area contributed by atoms with Gasteiger partial charge in [0.15, 0.2) is 5.03 Å². The van der Waals surface area contributed by atoms with Crippen LogP contribution >= 0.6 is 63.0 Å². The van der Waals surface area contributed by atoms with Gasteiger partial charge in [0.05, 0.1) is 54.2 Å². The van der Waals surface area contributed by atoms with Crippen molar-refractivity contribution in [2.24, 2.45) is 0 Å². The highest BCUT2D eigenvalue weighted by Crippen LogP contribution is 2.51. The number of aromatic carboxylic acids is 2. The lowest BCUT2D eigenvalue weighted by atomic mass is 9.79. The molecular formula is C102H122BrF3N16O13S4. The molecule has 4 aliphatic heterocycles. The van der Waals surface area contributed by atoms with E-state index in [9.17, 15) is 37.5 Å². The van der Waals surface area contributed by atoms with Gasteiger partial charge in [-0.1, -0.05) is 135 Å². The van der Waals surface area contributed by atoms with Crippen molar-refractivity contribution in [3.05, 3.63) is 236 Å². The van der Waals surface area contributed by atoms with E-state index in [1.165, 1.54) is 167 Å². The fourth-order valence-corrected chi connectivity index (χ4v) is 23.6. The molecule has 0 radical (unpaired) electrons. The molecule has 7 aromatic carbocycles. The number of hydrogen-bond donors (Lipinski definition) is 5. The van der Waals surface area contributed by atoms with Crippen molar-refractivity contribution < 1.29 is 76.1 Å². The van der Waals surface area contributed by atoms with E-state index in [4.69, 9.17) is 38.7 Å². The molecule has 740 valence electrons. The number of aliphatic carboxylic acids is 1. The molecule has 0 spiro atoms. The number of ether oxygens (including phenoxy) is 5. The zero-order valence-corrected chi connectivity index (χ0v) is 83.8. The number of halogens is 4. The van der Waals surface area contributed by atoms with Gasteiger partial charge in [0.25, 0.3) is 0 Å². The third-order valence-corrected chi connectivity index (χ3v) is 31.7. The normalized spacial score (nSPS) is 19.7. The summed E-state index contributed by atoms with van der Waals surface area (Å²) in [6, 6.07) is 59.2. The van der Waals surface area contributed by atoms with E-state index in [2.05, 4.69) is 179 Å². The minimum atomic E-state index is -5.08. The van der Waals surface area contributed by atoms with Gasteiger partial charge < -0.3 is 59.0 Å². The lowest BCUT2D eigenvalue weighted by molar-refractivity contribution is -0.192. The van der Waals surface area contributed by atoms with Crippen LogP contribution in [0.15, 0.2) is 194 Å². The van der Waals surface area contributed by atoms with Crippen molar-refractivity contribution in [3.63, 3.8) is 0 Å². The van der Waals surface area contributed by atoms with Crippen LogP contribution in [0.1, 0.15) is 247 Å². The number of rotatable bonds is 30. The molecule has 8 fully saturated rings. The Morgan fingerprint density at radius 2 is 0.676 bits per heavy atom. The number of carboxylic acid groups (broad SMARTS) is 3. The Hall–Kier alpha value is -11.1. The van der Waals surface area contributed by atoms with Crippen LogP contribution < -0.4 is 34.2 Å². The maximum Gasteiger partial charge on any atom is 0.490 e. The molecule has 8 heterocycles. The quantitative estimate of drug-likeness (QED) is 0.0261. The third kappa shape index (κ3) is 29.3. The average molecular weight is 2050 g/mol. The molecule has 0 unspecified atom stereocenters. The number of aromatic amines is 1. The number of carbonyl (C=O) groups excluding carboxylic acids is 2. The summed E-state index contributed by atoms with van der Waals surface area (Å²) < 4.78 is 64.3. The standard InChI is InChI=1S/C28H34N4O3S.C26H30N4O3S.C23H24BrN3O3S.C18H22N4O2S.C5H11N.C2HF3O2/c1-3-35-28(33)26-27(32(30-29-26)19-20-7-13-24(34-2)14-8-20)36-25-17-22(18-25)21-9-11-23(12-10-21)31-15-5-4-6-16-31;1-33-22-11-5-18(6-12-22)17-30-25(24(26(31)32)27-28-30)34-23-15-20(16-23)19-7-9-21(10-8-19)29-13-3-2-4-14-29;1-3-30-23(28)21-22(27(26-25-21)14-15-4-10-19(29-2)11-5-15)31-20-12-17(13-20)16-6-8-18(24)9-7-16;23-18(24)16-17(20-21-19-16)25-15-10-13(11-15)12-4-6-14(7-5-12)22-8-2-1-3-9-22;1-2-4-6-5-3-1;3-2(4,5)1(6)7/h7-14,22,25H,3-6,15-19H2,1-2H3;5-12,20,23H,2-4,13-17H2,1H3,(H,31,32);4-11,17,20H,3,12-14H2,1-2H3;4-7,13,15H,1-3,8-11H2,(H,23,24)(H,19,20,21);6H,1-5H2;(H,6,7). The van der Waals surface area contributed by atoms with Gasteiger partial charge in [-0.25, -0.2) is 38.0 Å². The molecule has 29 nitrogen and oxygen atoms in total. The van der Waals surface area contributed by atoms with Crippen LogP contribution in [0.2, 0.25) is 0 Å². The second-order valence-corrected chi connectivity index (χ2v) is 41.6. The summed E-state index contributed by atoms with van der Waals surface area (Å²) in [5.74, 6) is -1.08. The molecule has 4 saturated heterocycles. The summed E-state index contributed by atoms with van der Waals surface area (Å²) in [6.45, 7) is 15.3. The lowest BCUT2D eigenvalue weighted by Gasteiger charge is -2.35. The first-order valence-electron chi connectivity index (χ1n) is 47.9. The number of alkyl halides is 3. The third-order valence-electron chi connectivity index (χ3n) is 25.9. The number of methoxy groups -OCH3 is 3. The number of carbonyl (C=O) groups is 5. The molecule has 8 aliphatic rings. The first kappa shape index (κ1) is 104. The largest absolute Gasteiger partial charge is 0.497 e. The summed E-state index contributed by atoms with van der Waals surface area (Å²) in [5.41, 5.74) is 13.3. The second kappa shape index (κ2) is 51.3. The molecule has 0 bridgehead atoms. The van der Waals surface area contributed by atoms with Gasteiger partial charge in [-0.2, -0.15) is 18.4 Å². The zero-order chi connectivity index (χ0) is 97.7. The fourth-order valence-electron chi connectivity index (χ4n) is 17.7. The molecule has 5 N–H and O–H groups in total. The van der Waals surface area contributed by atoms with E-state index in [-0.39, 0.29) is 11.4 Å². The topological polar surface area (TPSA) is 348 Å². The fraction of sp³-hybridized carbons (Fsp3) is 0.461. The predicted octanol–water partition coefficient (Wildman–Crippen LogP) is 20.8. The Balaban J connectivity index is 0.000000142. The molecule has 139 heavy (non-hydrogen) atoms. The van der Waals surface area contributed by atoms with Crippen molar-refractivity contribution in [3.8, 4) is 17.2 Å². The summed E-state index contributed by atoms with van der Waals surface area (Å²) in [4.78, 5) is 64.2. The van der Waals surface area contributed by atoms with Crippen molar-refractivity contribution in [1.82, 2.24) is 65.7 Å². The number of nitrogens with zero attached hydrogens (tertiary/aromatic N) is 14. The summed E-state index contributed by atoms with van der Waals surface area (Å²) in [5, 5.41) is 68.5. The predicted molar refractivity (Wildman–Crippen MR) is 537 cm³/mol. The maximum absolute atomic E-state index is 12.6. The monoisotopic (exact) mass is 2040 g/mol. The van der Waals surface area contributed by atoms with Gasteiger partial charge >= 0.3 is 36.0 Å². The Labute approximate surface area is 833 Å². The van der Waals surface area contributed by atoms with Gasteiger partial charge in [-0.3, -0.25) is 0 Å². The Kier molecular flexibility index (Phi) is 38.3. The number of H-pyrrole nitrogens is 1. The number of benzene rings is 7. The summed E-state index contributed by atoms with van der Waals surface area (Å²) in [7, 11) is 4.93. The van der Waals surface area contributed by atoms with E-state index < -0.39 is 36.0 Å². The summed E-state index contributed by atoms with van der Waals surface area (Å²) >= 11 is 9.98. The molecule has 11 aromatic rings. The zero-order valence-electron chi connectivity index (χ0n) is 78.9. The number of esters is 2. The van der Waals surface area contributed by atoms with Gasteiger partial charge in [0, 0.05) is 81.8 Å². The number of carboxylic acids is 3. The van der Waals surface area contributed by atoms with Crippen LogP contribution in [0, 0.1) is 0 Å². The van der Waals surface area contributed by atoms with Gasteiger partial charge in [0.2, 0.25) is 22.8 Å². The molecule has 0 atom stereocenters. The van der Waals surface area contributed by atoms with Crippen LogP contribution in [0.25, 0.3) is 0 Å². The van der Waals surface area contributed by atoms with Crippen LogP contribution in [0.3, 0.4) is 0 Å². The molecule has 0 amide bonds. The first-order chi connectivity index (χ1) is 67.5. The van der Waals surface area contributed by atoms with Gasteiger partial charge in [-0.05, 0) is 296 Å². The SMILES string of the molecule is C1CCNCC1.CCOC(=O)c1nnn(Cc2ccc(OC)cc2)c1SC1CC(c2ccc(Br)cc2)C1.CCOC(=O)c1nnn(Cc2ccc(OC)cc2)c1SC1CC(c2ccc(N3CCCCC3)cc2)C1.COc1ccc(Cn2nnc(C(=O)O)c2SC2CC(c3ccc(N4CCCCC4)cc3)C2)cc1.O=C(O)C(F)(F)F.O=C(O)c1n[nH]nc1SC1CC(c2ccc(N3CCCCC3)cc2)C1. The van der Waals surface area contributed by atoms with Crippen LogP contribution in [-0.2, 0) is 33.9 Å². The van der Waals surface area contributed by atoms with Gasteiger partial charge in [-0.15, -0.1) is 60.8 Å². The van der Waals surface area contributed by atoms with Crippen LogP contribution in [-0.4, -0.2) is 220 Å². The number of thioether (sulfide) groups is 4. The molecule has 4 aromatic heterocycles. The Bertz CT molecular complexity index is 5710. The van der Waals surface area contributed by atoms with Gasteiger partial charge in [0.1, 0.15) is 32.3 Å². The van der Waals surface area contributed by atoms with Crippen molar-refractivity contribution in [1.29, 1.82) is 0 Å². The first-order valence-corrected chi connectivity index (χ1v) is 52.2. The number of aromatic nitrogens is 12.